The Morgan fingerprint density at radius 2 is 2.10 bits per heavy atom. The van der Waals surface area contributed by atoms with Gasteiger partial charge in [-0.1, -0.05) is 30.3 Å². The van der Waals surface area contributed by atoms with E-state index in [2.05, 4.69) is 15.3 Å². The summed E-state index contributed by atoms with van der Waals surface area (Å²) < 4.78 is 1.82. The van der Waals surface area contributed by atoms with Gasteiger partial charge in [-0.2, -0.15) is 10.2 Å². The number of carbonyl (C=O) groups is 1. The van der Waals surface area contributed by atoms with E-state index in [-0.39, 0.29) is 5.69 Å². The minimum absolute atomic E-state index is 0.288. The number of nitrogens with two attached hydrogens (primary N) is 1. The molecule has 20 heavy (non-hydrogen) atoms. The van der Waals surface area contributed by atoms with Gasteiger partial charge in [0.15, 0.2) is 0 Å². The van der Waals surface area contributed by atoms with Crippen LogP contribution in [0.3, 0.4) is 0 Å². The number of nitrogens with one attached hydrogen (secondary N) is 1. The van der Waals surface area contributed by atoms with Crippen molar-refractivity contribution in [2.24, 2.45) is 5.73 Å². The number of aromatic nitrogens is 4. The molecule has 0 aliphatic heterocycles. The molecule has 3 N–H and O–H groups in total. The zero-order chi connectivity index (χ0) is 13.9. The minimum atomic E-state index is -0.527. The van der Waals surface area contributed by atoms with Crippen molar-refractivity contribution in [2.75, 3.05) is 0 Å². The van der Waals surface area contributed by atoms with Crippen LogP contribution in [-0.2, 0) is 6.54 Å². The standard InChI is InChI=1S/C14H13N5O/c15-14(20)13-6-12(17-18-13)11-7-16-19(9-11)8-10-4-2-1-3-5-10/h1-7,9H,8H2,(H2,15,20)(H,17,18). The van der Waals surface area contributed by atoms with Crippen molar-refractivity contribution in [2.45, 2.75) is 6.54 Å². The van der Waals surface area contributed by atoms with Crippen LogP contribution in [0.2, 0.25) is 0 Å². The van der Waals surface area contributed by atoms with Gasteiger partial charge in [0.05, 0.1) is 18.4 Å². The van der Waals surface area contributed by atoms with Gasteiger partial charge in [-0.05, 0) is 11.6 Å². The molecule has 100 valence electrons. The highest BCUT2D eigenvalue weighted by atomic mass is 16.1. The van der Waals surface area contributed by atoms with Gasteiger partial charge < -0.3 is 5.73 Å². The van der Waals surface area contributed by atoms with Crippen LogP contribution < -0.4 is 5.73 Å². The molecule has 1 aromatic carbocycles. The topological polar surface area (TPSA) is 89.6 Å². The highest BCUT2D eigenvalue weighted by Gasteiger charge is 2.09. The Morgan fingerprint density at radius 1 is 1.30 bits per heavy atom. The number of hydrogen-bond donors (Lipinski definition) is 2. The second-order valence-corrected chi connectivity index (χ2v) is 4.44. The summed E-state index contributed by atoms with van der Waals surface area (Å²) in [5.41, 5.74) is 8.13. The van der Waals surface area contributed by atoms with Gasteiger partial charge >= 0.3 is 0 Å². The fourth-order valence-electron chi connectivity index (χ4n) is 1.95. The van der Waals surface area contributed by atoms with Crippen molar-refractivity contribution < 1.29 is 4.79 Å². The Labute approximate surface area is 115 Å². The van der Waals surface area contributed by atoms with Crippen LogP contribution in [0.25, 0.3) is 11.3 Å². The molecule has 0 radical (unpaired) electrons. The second-order valence-electron chi connectivity index (χ2n) is 4.44. The Bertz CT molecular complexity index is 729. The third-order valence-corrected chi connectivity index (χ3v) is 2.96. The van der Waals surface area contributed by atoms with E-state index in [1.54, 1.807) is 12.3 Å². The SMILES string of the molecule is NC(=O)c1cc(-c2cnn(Cc3ccccc3)c2)n[nH]1. The number of benzene rings is 1. The summed E-state index contributed by atoms with van der Waals surface area (Å²) in [4.78, 5) is 11.0. The van der Waals surface area contributed by atoms with E-state index < -0.39 is 5.91 Å². The normalized spacial score (nSPS) is 10.6. The number of amides is 1. The van der Waals surface area contributed by atoms with E-state index in [1.807, 2.05) is 41.2 Å². The molecule has 1 amide bonds. The number of aromatic amines is 1. The summed E-state index contributed by atoms with van der Waals surface area (Å²) in [6, 6.07) is 11.7. The average molecular weight is 267 g/mol. The predicted octanol–water partition coefficient (Wildman–Crippen LogP) is 1.42. The molecule has 0 bridgehead atoms. The molecule has 3 rings (SSSR count). The molecule has 3 aromatic rings. The summed E-state index contributed by atoms with van der Waals surface area (Å²) in [5.74, 6) is -0.527. The molecular weight excluding hydrogens is 254 g/mol. The Hall–Kier alpha value is -2.89. The van der Waals surface area contributed by atoms with Crippen molar-refractivity contribution >= 4 is 5.91 Å². The van der Waals surface area contributed by atoms with Crippen LogP contribution in [0.5, 0.6) is 0 Å². The molecule has 2 heterocycles. The Kier molecular flexibility index (Phi) is 3.04. The fourth-order valence-corrected chi connectivity index (χ4v) is 1.95. The quantitative estimate of drug-likeness (QED) is 0.749. The van der Waals surface area contributed by atoms with Gasteiger partial charge in [0.1, 0.15) is 5.69 Å². The third kappa shape index (κ3) is 2.44. The van der Waals surface area contributed by atoms with Crippen molar-refractivity contribution in [3.05, 3.63) is 60.0 Å². The van der Waals surface area contributed by atoms with Crippen molar-refractivity contribution in [3.63, 3.8) is 0 Å². The summed E-state index contributed by atoms with van der Waals surface area (Å²) in [5, 5.41) is 10.9. The van der Waals surface area contributed by atoms with E-state index >= 15 is 0 Å². The first-order valence-electron chi connectivity index (χ1n) is 6.14. The van der Waals surface area contributed by atoms with Crippen molar-refractivity contribution in [1.82, 2.24) is 20.0 Å². The lowest BCUT2D eigenvalue weighted by Crippen LogP contribution is -2.10. The van der Waals surface area contributed by atoms with Gasteiger partial charge in [-0.25, -0.2) is 0 Å². The fraction of sp³-hybridized carbons (Fsp3) is 0.0714. The van der Waals surface area contributed by atoms with Crippen molar-refractivity contribution in [3.8, 4) is 11.3 Å². The molecule has 0 aliphatic carbocycles. The Morgan fingerprint density at radius 3 is 2.80 bits per heavy atom. The van der Waals surface area contributed by atoms with E-state index in [0.29, 0.717) is 12.2 Å². The summed E-state index contributed by atoms with van der Waals surface area (Å²) in [6.45, 7) is 0.688. The van der Waals surface area contributed by atoms with Crippen molar-refractivity contribution in [1.29, 1.82) is 0 Å². The van der Waals surface area contributed by atoms with E-state index in [0.717, 1.165) is 5.56 Å². The molecule has 2 aromatic heterocycles. The minimum Gasteiger partial charge on any atom is -0.364 e. The Balaban J connectivity index is 1.81. The first-order valence-corrected chi connectivity index (χ1v) is 6.14. The van der Waals surface area contributed by atoms with E-state index in [1.165, 1.54) is 5.56 Å². The molecule has 0 spiro atoms. The van der Waals surface area contributed by atoms with Gasteiger partial charge in [0.25, 0.3) is 5.91 Å². The molecule has 0 aliphatic rings. The first-order chi connectivity index (χ1) is 9.72. The number of carbonyl (C=O) groups excluding carboxylic acids is 1. The maximum absolute atomic E-state index is 11.0. The van der Waals surface area contributed by atoms with E-state index in [4.69, 9.17) is 5.73 Å². The van der Waals surface area contributed by atoms with Crippen LogP contribution in [0.15, 0.2) is 48.8 Å². The van der Waals surface area contributed by atoms with Crippen LogP contribution in [0, 0.1) is 0 Å². The molecule has 0 fully saturated rings. The lowest BCUT2D eigenvalue weighted by molar-refractivity contribution is 0.0995. The maximum Gasteiger partial charge on any atom is 0.266 e. The van der Waals surface area contributed by atoms with Crippen LogP contribution in [-0.4, -0.2) is 25.9 Å². The van der Waals surface area contributed by atoms with Crippen LogP contribution >= 0.6 is 0 Å². The maximum atomic E-state index is 11.0. The largest absolute Gasteiger partial charge is 0.364 e. The summed E-state index contributed by atoms with van der Waals surface area (Å²) >= 11 is 0. The number of H-pyrrole nitrogens is 1. The average Bonchev–Trinajstić information content (AvgIpc) is 3.08. The van der Waals surface area contributed by atoms with Gasteiger partial charge in [0, 0.05) is 11.8 Å². The number of nitrogens with zero attached hydrogens (tertiary/aromatic N) is 3. The molecule has 6 heteroatoms. The molecular formula is C14H13N5O. The monoisotopic (exact) mass is 267 g/mol. The van der Waals surface area contributed by atoms with Crippen LogP contribution in [0.1, 0.15) is 16.1 Å². The molecule has 0 saturated heterocycles. The van der Waals surface area contributed by atoms with E-state index in [9.17, 15) is 4.79 Å². The number of hydrogen-bond acceptors (Lipinski definition) is 3. The highest BCUT2D eigenvalue weighted by Crippen LogP contribution is 2.17. The zero-order valence-corrected chi connectivity index (χ0v) is 10.7. The van der Waals surface area contributed by atoms with Gasteiger partial charge in [0.2, 0.25) is 0 Å². The molecule has 0 unspecified atom stereocenters. The second kappa shape index (κ2) is 5.00. The smallest absolute Gasteiger partial charge is 0.266 e. The van der Waals surface area contributed by atoms with Gasteiger partial charge in [-0.3, -0.25) is 14.6 Å². The number of primary amides is 1. The highest BCUT2D eigenvalue weighted by molar-refractivity contribution is 5.91. The third-order valence-electron chi connectivity index (χ3n) is 2.96. The molecule has 6 nitrogen and oxygen atoms in total. The first kappa shape index (κ1) is 12.2. The summed E-state index contributed by atoms with van der Waals surface area (Å²) in [7, 11) is 0. The lowest BCUT2D eigenvalue weighted by Gasteiger charge is -2.00. The lowest BCUT2D eigenvalue weighted by atomic mass is 10.2. The van der Waals surface area contributed by atoms with Gasteiger partial charge in [-0.15, -0.1) is 0 Å². The summed E-state index contributed by atoms with van der Waals surface area (Å²) in [6.07, 6.45) is 3.60. The van der Waals surface area contributed by atoms with Crippen LogP contribution in [0.4, 0.5) is 0 Å². The zero-order valence-electron chi connectivity index (χ0n) is 10.7. The number of rotatable bonds is 4. The predicted molar refractivity (Wildman–Crippen MR) is 73.9 cm³/mol. The molecule has 0 atom stereocenters. The molecule has 0 saturated carbocycles.